The van der Waals surface area contributed by atoms with Crippen molar-refractivity contribution < 1.29 is 19.4 Å². The number of carbonyl (C=O) groups excluding carboxylic acids is 1. The average Bonchev–Trinajstić information content (AvgIpc) is 2.84. The number of aliphatic imine (C=N–C) groups is 1. The van der Waals surface area contributed by atoms with Crippen molar-refractivity contribution in [1.82, 2.24) is 0 Å². The Morgan fingerprint density at radius 1 is 0.970 bits per heavy atom. The van der Waals surface area contributed by atoms with Crippen LogP contribution in [0.2, 0.25) is 0 Å². The zero-order valence-corrected chi connectivity index (χ0v) is 19.1. The van der Waals surface area contributed by atoms with Gasteiger partial charge in [-0.3, -0.25) is 9.79 Å². The molecule has 5 nitrogen and oxygen atoms in total. The number of ether oxygens (including phenoxy) is 2. The Bertz CT molecular complexity index is 1220. The van der Waals surface area contributed by atoms with Crippen LogP contribution < -0.4 is 9.47 Å². The lowest BCUT2D eigenvalue weighted by atomic mass is 9.88. The van der Waals surface area contributed by atoms with Crippen LogP contribution in [0.1, 0.15) is 30.4 Å². The summed E-state index contributed by atoms with van der Waals surface area (Å²) >= 11 is 0. The van der Waals surface area contributed by atoms with Gasteiger partial charge in [-0.1, -0.05) is 48.5 Å². The Morgan fingerprint density at radius 3 is 2.58 bits per heavy atom. The van der Waals surface area contributed by atoms with E-state index in [0.29, 0.717) is 55.0 Å². The second-order valence-corrected chi connectivity index (χ2v) is 8.18. The highest BCUT2D eigenvalue weighted by molar-refractivity contribution is 6.24. The Morgan fingerprint density at radius 2 is 1.76 bits per heavy atom. The minimum Gasteiger partial charge on any atom is -0.511 e. The lowest BCUT2D eigenvalue weighted by Gasteiger charge is -2.18. The molecule has 0 spiro atoms. The number of aliphatic hydroxyl groups is 1. The molecule has 33 heavy (non-hydrogen) atoms. The largest absolute Gasteiger partial charge is 0.511 e. The van der Waals surface area contributed by atoms with E-state index in [9.17, 15) is 9.90 Å². The van der Waals surface area contributed by atoms with Crippen molar-refractivity contribution in [3.8, 4) is 11.5 Å². The fourth-order valence-electron chi connectivity index (χ4n) is 4.38. The van der Waals surface area contributed by atoms with Gasteiger partial charge in [0, 0.05) is 25.1 Å². The van der Waals surface area contributed by atoms with E-state index in [1.165, 1.54) is 0 Å². The third kappa shape index (κ3) is 5.08. The summed E-state index contributed by atoms with van der Waals surface area (Å²) in [4.78, 5) is 17.5. The summed E-state index contributed by atoms with van der Waals surface area (Å²) in [5, 5.41) is 13.2. The van der Waals surface area contributed by atoms with Crippen molar-refractivity contribution in [3.05, 3.63) is 83.1 Å². The third-order valence-electron chi connectivity index (χ3n) is 6.06. The zero-order valence-electron chi connectivity index (χ0n) is 19.1. The number of allylic oxidation sites excluding steroid dienone is 2. The van der Waals surface area contributed by atoms with E-state index >= 15 is 0 Å². The normalized spacial score (nSPS) is 16.8. The number of fused-ring (bicyclic) bond motifs is 1. The maximum atomic E-state index is 12.8. The van der Waals surface area contributed by atoms with Crippen LogP contribution in [0.15, 0.2) is 77.0 Å². The molecule has 0 aliphatic heterocycles. The van der Waals surface area contributed by atoms with Gasteiger partial charge in [0.15, 0.2) is 17.3 Å². The minimum absolute atomic E-state index is 0.0242. The first-order valence-corrected chi connectivity index (χ1v) is 11.3. The van der Waals surface area contributed by atoms with Crippen LogP contribution in [0, 0.1) is 0 Å². The molecule has 0 heterocycles. The molecule has 3 aromatic rings. The number of methoxy groups -OCH3 is 2. The molecular formula is C28H29NO4. The number of Topliss-reactive ketones (excluding diaryl/α,β-unsaturated/α-hetero) is 1. The first-order valence-electron chi connectivity index (χ1n) is 11.3. The fourth-order valence-corrected chi connectivity index (χ4v) is 4.38. The predicted molar refractivity (Wildman–Crippen MR) is 132 cm³/mol. The molecule has 1 aliphatic rings. The van der Waals surface area contributed by atoms with Crippen LogP contribution in [0.4, 0.5) is 0 Å². The Kier molecular flexibility index (Phi) is 7.08. The van der Waals surface area contributed by atoms with Crippen LogP contribution in [0.25, 0.3) is 10.8 Å². The SMILES string of the molecule is COc1ccc(CCN=C2CCCC(=O)/C2=C(/O)Cc2cccc3ccccc23)cc1OC. The summed E-state index contributed by atoms with van der Waals surface area (Å²) in [6.07, 6.45) is 2.93. The molecule has 0 radical (unpaired) electrons. The highest BCUT2D eigenvalue weighted by atomic mass is 16.5. The van der Waals surface area contributed by atoms with Crippen molar-refractivity contribution in [3.63, 3.8) is 0 Å². The van der Waals surface area contributed by atoms with Gasteiger partial charge in [0.25, 0.3) is 0 Å². The van der Waals surface area contributed by atoms with Gasteiger partial charge in [-0.2, -0.15) is 0 Å². The smallest absolute Gasteiger partial charge is 0.168 e. The molecular weight excluding hydrogens is 414 g/mol. The van der Waals surface area contributed by atoms with Crippen molar-refractivity contribution in [1.29, 1.82) is 0 Å². The summed E-state index contributed by atoms with van der Waals surface area (Å²) in [7, 11) is 3.23. The van der Waals surface area contributed by atoms with E-state index in [-0.39, 0.29) is 11.5 Å². The van der Waals surface area contributed by atoms with Crippen LogP contribution in [0.5, 0.6) is 11.5 Å². The van der Waals surface area contributed by atoms with Gasteiger partial charge in [-0.05, 0) is 53.3 Å². The molecule has 1 saturated carbocycles. The number of nitrogens with zero attached hydrogens (tertiary/aromatic N) is 1. The Hall–Kier alpha value is -3.60. The van der Waals surface area contributed by atoms with E-state index in [0.717, 1.165) is 28.3 Å². The standard InChI is InChI=1S/C28H29NO4/c1-32-26-14-13-19(17-27(26)33-2)15-16-29-23-11-6-12-24(30)28(23)25(31)18-21-9-5-8-20-7-3-4-10-22(20)21/h3-5,7-10,13-14,17,31H,6,11-12,15-16,18H2,1-2H3/b28-25+,29-23?. The number of ketones is 1. The van der Waals surface area contributed by atoms with Crippen molar-refractivity contribution in [2.24, 2.45) is 4.99 Å². The summed E-state index contributed by atoms with van der Waals surface area (Å²) in [5.74, 6) is 1.46. The molecule has 0 bridgehead atoms. The Balaban J connectivity index is 1.56. The molecule has 1 N–H and O–H groups in total. The molecule has 170 valence electrons. The van der Waals surface area contributed by atoms with Gasteiger partial charge >= 0.3 is 0 Å². The van der Waals surface area contributed by atoms with Crippen LogP contribution in [-0.2, 0) is 17.6 Å². The maximum Gasteiger partial charge on any atom is 0.168 e. The van der Waals surface area contributed by atoms with Crippen molar-refractivity contribution in [2.45, 2.75) is 32.1 Å². The van der Waals surface area contributed by atoms with Gasteiger partial charge in [-0.15, -0.1) is 0 Å². The van der Waals surface area contributed by atoms with E-state index < -0.39 is 0 Å². The molecule has 5 heteroatoms. The molecule has 1 aliphatic carbocycles. The van der Waals surface area contributed by atoms with Crippen molar-refractivity contribution in [2.75, 3.05) is 20.8 Å². The molecule has 4 rings (SSSR count). The number of rotatable bonds is 7. The molecule has 0 amide bonds. The molecule has 0 saturated heterocycles. The van der Waals surface area contributed by atoms with Gasteiger partial charge < -0.3 is 14.6 Å². The highest BCUT2D eigenvalue weighted by Gasteiger charge is 2.25. The lowest BCUT2D eigenvalue weighted by molar-refractivity contribution is -0.115. The number of aliphatic hydroxyl groups excluding tert-OH is 1. The predicted octanol–water partition coefficient (Wildman–Crippen LogP) is 5.65. The first kappa shape index (κ1) is 22.6. The summed E-state index contributed by atoms with van der Waals surface area (Å²) in [6, 6.07) is 19.9. The second-order valence-electron chi connectivity index (χ2n) is 8.18. The summed E-state index contributed by atoms with van der Waals surface area (Å²) < 4.78 is 10.7. The van der Waals surface area contributed by atoms with Gasteiger partial charge in [0.1, 0.15) is 5.76 Å². The monoisotopic (exact) mass is 443 g/mol. The average molecular weight is 444 g/mol. The number of hydrogen-bond acceptors (Lipinski definition) is 5. The number of benzene rings is 3. The van der Waals surface area contributed by atoms with E-state index in [2.05, 4.69) is 12.1 Å². The van der Waals surface area contributed by atoms with Gasteiger partial charge in [0.2, 0.25) is 0 Å². The summed E-state index contributed by atoms with van der Waals surface area (Å²) in [6.45, 7) is 0.531. The van der Waals surface area contributed by atoms with E-state index in [1.807, 2.05) is 48.5 Å². The van der Waals surface area contributed by atoms with Crippen molar-refractivity contribution >= 4 is 22.3 Å². The van der Waals surface area contributed by atoms with Gasteiger partial charge in [0.05, 0.1) is 19.8 Å². The molecule has 0 aromatic heterocycles. The first-order chi connectivity index (χ1) is 16.1. The van der Waals surface area contributed by atoms with E-state index in [4.69, 9.17) is 14.5 Å². The molecule has 3 aromatic carbocycles. The fraction of sp³-hybridized carbons (Fsp3) is 0.286. The highest BCUT2D eigenvalue weighted by Crippen LogP contribution is 2.28. The number of carbonyl (C=O) groups is 1. The topological polar surface area (TPSA) is 68.1 Å². The summed E-state index contributed by atoms with van der Waals surface area (Å²) in [5.41, 5.74) is 3.19. The number of hydrogen-bond donors (Lipinski definition) is 1. The zero-order chi connectivity index (χ0) is 23.2. The van der Waals surface area contributed by atoms with Crippen LogP contribution in [0.3, 0.4) is 0 Å². The second kappa shape index (κ2) is 10.3. The third-order valence-corrected chi connectivity index (χ3v) is 6.06. The van der Waals surface area contributed by atoms with E-state index in [1.54, 1.807) is 14.2 Å². The molecule has 0 atom stereocenters. The molecule has 0 unspecified atom stereocenters. The lowest BCUT2D eigenvalue weighted by Crippen LogP contribution is -2.22. The van der Waals surface area contributed by atoms with Crippen LogP contribution >= 0.6 is 0 Å². The quantitative estimate of drug-likeness (QED) is 0.379. The minimum atomic E-state index is -0.0242. The molecule has 1 fully saturated rings. The van der Waals surface area contributed by atoms with Gasteiger partial charge in [-0.25, -0.2) is 0 Å². The van der Waals surface area contributed by atoms with Crippen LogP contribution in [-0.4, -0.2) is 37.4 Å². The Labute approximate surface area is 194 Å². The maximum absolute atomic E-state index is 12.8.